The second-order valence-electron chi connectivity index (χ2n) is 5.72. The number of carboxylic acids is 1. The third kappa shape index (κ3) is 3.68. The van der Waals surface area contributed by atoms with Crippen LogP contribution >= 0.6 is 15.9 Å². The minimum Gasteiger partial charge on any atom is -0.481 e. The van der Waals surface area contributed by atoms with E-state index < -0.39 is 46.9 Å². The average Bonchev–Trinajstić information content (AvgIpc) is 2.31. The predicted molar refractivity (Wildman–Crippen MR) is 68.7 cm³/mol. The number of hydrogen-bond acceptors (Lipinski definition) is 3. The number of alkyl halides is 5. The Labute approximate surface area is 127 Å². The molecule has 0 aromatic rings. The van der Waals surface area contributed by atoms with Gasteiger partial charge in [0.1, 0.15) is 9.93 Å². The van der Waals surface area contributed by atoms with Gasteiger partial charge in [0.05, 0.1) is 6.61 Å². The SMILES string of the molecule is CC1(C)OCC(C)(C(=O)O)C(Br)(CCC(F)(F)C(F)F)O1. The highest BCUT2D eigenvalue weighted by molar-refractivity contribution is 9.10. The van der Waals surface area contributed by atoms with E-state index in [1.54, 1.807) is 0 Å². The smallest absolute Gasteiger partial charge is 0.315 e. The lowest BCUT2D eigenvalue weighted by molar-refractivity contribution is -0.324. The van der Waals surface area contributed by atoms with Crippen LogP contribution in [0.3, 0.4) is 0 Å². The molecule has 0 aliphatic carbocycles. The summed E-state index contributed by atoms with van der Waals surface area (Å²) in [6.45, 7) is 3.91. The van der Waals surface area contributed by atoms with Gasteiger partial charge in [-0.25, -0.2) is 17.6 Å². The molecule has 21 heavy (non-hydrogen) atoms. The number of carboxylic acid groups (broad SMARTS) is 1. The van der Waals surface area contributed by atoms with Gasteiger partial charge < -0.3 is 14.6 Å². The lowest BCUT2D eigenvalue weighted by Gasteiger charge is -2.51. The summed E-state index contributed by atoms with van der Waals surface area (Å²) in [6.07, 6.45) is -5.65. The summed E-state index contributed by atoms with van der Waals surface area (Å²) in [6, 6.07) is 0. The molecule has 1 aliphatic heterocycles. The Kier molecular flexibility index (Phi) is 5.02. The van der Waals surface area contributed by atoms with Crippen LogP contribution in [0.25, 0.3) is 0 Å². The summed E-state index contributed by atoms with van der Waals surface area (Å²) in [7, 11) is 0. The van der Waals surface area contributed by atoms with E-state index in [0.717, 1.165) is 0 Å². The van der Waals surface area contributed by atoms with Gasteiger partial charge in [-0.15, -0.1) is 0 Å². The quantitative estimate of drug-likeness (QED) is 0.584. The zero-order valence-corrected chi connectivity index (χ0v) is 13.3. The van der Waals surface area contributed by atoms with Crippen LogP contribution in [0, 0.1) is 5.41 Å². The van der Waals surface area contributed by atoms with Gasteiger partial charge in [0.15, 0.2) is 5.79 Å². The highest BCUT2D eigenvalue weighted by Gasteiger charge is 2.60. The number of halogens is 5. The van der Waals surface area contributed by atoms with Gasteiger partial charge in [-0.2, -0.15) is 0 Å². The van der Waals surface area contributed by atoms with E-state index in [9.17, 15) is 27.5 Å². The molecule has 0 bridgehead atoms. The van der Waals surface area contributed by atoms with Crippen LogP contribution in [0.5, 0.6) is 0 Å². The first-order chi connectivity index (χ1) is 9.26. The fourth-order valence-electron chi connectivity index (χ4n) is 1.94. The molecular weight excluding hydrogens is 364 g/mol. The molecule has 1 rings (SSSR count). The number of ether oxygens (including phenoxy) is 2. The summed E-state index contributed by atoms with van der Waals surface area (Å²) in [5, 5.41) is 9.32. The van der Waals surface area contributed by atoms with Crippen LogP contribution in [-0.4, -0.2) is 40.3 Å². The summed E-state index contributed by atoms with van der Waals surface area (Å²) in [4.78, 5) is 11.4. The lowest BCUT2D eigenvalue weighted by atomic mass is 9.80. The largest absolute Gasteiger partial charge is 0.481 e. The van der Waals surface area contributed by atoms with Crippen molar-refractivity contribution < 1.29 is 36.9 Å². The number of rotatable bonds is 5. The van der Waals surface area contributed by atoms with Crippen molar-refractivity contribution in [3.05, 3.63) is 0 Å². The molecule has 2 unspecified atom stereocenters. The molecule has 1 fully saturated rings. The molecule has 4 nitrogen and oxygen atoms in total. The molecular formula is C12H17BrF4O4. The Morgan fingerprint density at radius 2 is 1.90 bits per heavy atom. The van der Waals surface area contributed by atoms with E-state index in [0.29, 0.717) is 0 Å². The molecule has 0 amide bonds. The van der Waals surface area contributed by atoms with Crippen LogP contribution in [-0.2, 0) is 14.3 Å². The van der Waals surface area contributed by atoms with E-state index in [4.69, 9.17) is 9.47 Å². The third-order valence-electron chi connectivity index (χ3n) is 3.51. The Bertz CT molecular complexity index is 418. The van der Waals surface area contributed by atoms with Crippen LogP contribution in [0.15, 0.2) is 0 Å². The van der Waals surface area contributed by atoms with Crippen molar-refractivity contribution in [1.29, 1.82) is 0 Å². The zero-order valence-electron chi connectivity index (χ0n) is 11.8. The monoisotopic (exact) mass is 380 g/mol. The molecule has 9 heteroatoms. The van der Waals surface area contributed by atoms with Crippen LogP contribution in [0.4, 0.5) is 17.6 Å². The van der Waals surface area contributed by atoms with E-state index in [2.05, 4.69) is 15.9 Å². The number of carbonyl (C=O) groups is 1. The van der Waals surface area contributed by atoms with E-state index in [-0.39, 0.29) is 6.61 Å². The van der Waals surface area contributed by atoms with Crippen molar-refractivity contribution in [3.63, 3.8) is 0 Å². The summed E-state index contributed by atoms with van der Waals surface area (Å²) in [5.41, 5.74) is -1.69. The summed E-state index contributed by atoms with van der Waals surface area (Å²) < 4.78 is 59.7. The van der Waals surface area contributed by atoms with Crippen molar-refractivity contribution in [2.45, 2.75) is 56.3 Å². The van der Waals surface area contributed by atoms with Crippen LogP contribution in [0.2, 0.25) is 0 Å². The standard InChI is InChI=1S/C12H17BrF4O4/c1-9(2)20-6-10(3,8(18)19)12(13,21-9)5-4-11(16,17)7(14)15/h7H,4-6H2,1-3H3,(H,18,19). The molecule has 0 saturated carbocycles. The summed E-state index contributed by atoms with van der Waals surface area (Å²) in [5.74, 6) is -6.78. The van der Waals surface area contributed by atoms with Crippen molar-refractivity contribution in [3.8, 4) is 0 Å². The van der Waals surface area contributed by atoms with E-state index >= 15 is 0 Å². The molecule has 2 atom stereocenters. The number of hydrogen-bond donors (Lipinski definition) is 1. The Balaban J connectivity index is 3.02. The maximum Gasteiger partial charge on any atom is 0.315 e. The van der Waals surface area contributed by atoms with E-state index in [1.807, 2.05) is 0 Å². The predicted octanol–water partition coefficient (Wildman–Crippen LogP) is 3.63. The average molecular weight is 381 g/mol. The van der Waals surface area contributed by atoms with Crippen molar-refractivity contribution in [1.82, 2.24) is 0 Å². The summed E-state index contributed by atoms with van der Waals surface area (Å²) >= 11 is 3.04. The zero-order chi connectivity index (χ0) is 16.7. The lowest BCUT2D eigenvalue weighted by Crippen LogP contribution is -2.61. The number of aliphatic carboxylic acids is 1. The van der Waals surface area contributed by atoms with Gasteiger partial charge in [-0.1, -0.05) is 15.9 Å². The highest BCUT2D eigenvalue weighted by Crippen LogP contribution is 2.51. The van der Waals surface area contributed by atoms with Crippen molar-refractivity contribution in [2.24, 2.45) is 5.41 Å². The molecule has 0 aromatic carbocycles. The van der Waals surface area contributed by atoms with E-state index in [1.165, 1.54) is 20.8 Å². The van der Waals surface area contributed by atoms with Gasteiger partial charge in [0, 0.05) is 6.42 Å². The fraction of sp³-hybridized carbons (Fsp3) is 0.917. The van der Waals surface area contributed by atoms with Gasteiger partial charge >= 0.3 is 18.3 Å². The molecule has 0 radical (unpaired) electrons. The molecule has 1 saturated heterocycles. The minimum atomic E-state index is -4.22. The molecule has 1 aliphatic rings. The third-order valence-corrected chi connectivity index (χ3v) is 4.94. The normalized spacial score (nSPS) is 33.2. The maximum atomic E-state index is 13.1. The second kappa shape index (κ2) is 5.66. The topological polar surface area (TPSA) is 55.8 Å². The first-order valence-corrected chi connectivity index (χ1v) is 6.97. The second-order valence-corrected chi connectivity index (χ2v) is 7.00. The highest BCUT2D eigenvalue weighted by atomic mass is 79.9. The molecule has 0 spiro atoms. The molecule has 0 aromatic heterocycles. The molecule has 1 N–H and O–H groups in total. The molecule has 124 valence electrons. The first kappa shape index (κ1) is 18.6. The first-order valence-electron chi connectivity index (χ1n) is 6.18. The Hall–Kier alpha value is -0.410. The van der Waals surface area contributed by atoms with Gasteiger partial charge in [-0.3, -0.25) is 4.79 Å². The van der Waals surface area contributed by atoms with Gasteiger partial charge in [-0.05, 0) is 27.2 Å². The van der Waals surface area contributed by atoms with Gasteiger partial charge in [0.25, 0.3) is 0 Å². The van der Waals surface area contributed by atoms with Crippen LogP contribution in [0.1, 0.15) is 33.6 Å². The van der Waals surface area contributed by atoms with Crippen molar-refractivity contribution in [2.75, 3.05) is 6.61 Å². The maximum absolute atomic E-state index is 13.1. The fourth-order valence-corrected chi connectivity index (χ4v) is 2.81. The molecule has 1 heterocycles. The van der Waals surface area contributed by atoms with Gasteiger partial charge in [0.2, 0.25) is 0 Å². The van der Waals surface area contributed by atoms with Crippen molar-refractivity contribution >= 4 is 21.9 Å². The Morgan fingerprint density at radius 1 is 1.38 bits per heavy atom. The Morgan fingerprint density at radius 3 is 2.33 bits per heavy atom. The van der Waals surface area contributed by atoms with Crippen LogP contribution < -0.4 is 0 Å². The minimum absolute atomic E-state index is 0.305.